The standard InChI is InChI=1S/C12H16FN/c1-4-9(2)14-10(3)11-6-5-7-12(13)8-11/h4-10,14H,1H2,2-3H3/t9?,10-/m0/s1. The van der Waals surface area contributed by atoms with Crippen LogP contribution in [0.4, 0.5) is 4.39 Å². The third-order valence-corrected chi connectivity index (χ3v) is 2.22. The molecule has 2 atom stereocenters. The average Bonchev–Trinajstić information content (AvgIpc) is 2.17. The Morgan fingerprint density at radius 2 is 2.14 bits per heavy atom. The summed E-state index contributed by atoms with van der Waals surface area (Å²) >= 11 is 0. The van der Waals surface area contributed by atoms with Crippen molar-refractivity contribution in [2.75, 3.05) is 0 Å². The Bertz CT molecular complexity index is 309. The molecule has 1 N–H and O–H groups in total. The van der Waals surface area contributed by atoms with E-state index in [0.717, 1.165) is 5.56 Å². The second-order valence-electron chi connectivity index (χ2n) is 3.47. The minimum Gasteiger partial charge on any atom is -0.304 e. The minimum atomic E-state index is -0.192. The number of rotatable bonds is 4. The Balaban J connectivity index is 2.69. The molecule has 76 valence electrons. The molecule has 0 amide bonds. The van der Waals surface area contributed by atoms with Crippen molar-refractivity contribution in [3.05, 3.63) is 48.3 Å². The van der Waals surface area contributed by atoms with E-state index in [0.29, 0.717) is 0 Å². The third kappa shape index (κ3) is 2.96. The van der Waals surface area contributed by atoms with Crippen LogP contribution in [0.1, 0.15) is 25.5 Å². The number of hydrogen-bond donors (Lipinski definition) is 1. The topological polar surface area (TPSA) is 12.0 Å². The van der Waals surface area contributed by atoms with Crippen molar-refractivity contribution in [2.24, 2.45) is 0 Å². The molecule has 1 aromatic rings. The molecule has 0 radical (unpaired) electrons. The van der Waals surface area contributed by atoms with Crippen LogP contribution in [0.5, 0.6) is 0 Å². The highest BCUT2D eigenvalue weighted by Crippen LogP contribution is 2.13. The molecule has 1 rings (SSSR count). The molecule has 0 aliphatic heterocycles. The largest absolute Gasteiger partial charge is 0.304 e. The summed E-state index contributed by atoms with van der Waals surface area (Å²) in [4.78, 5) is 0. The van der Waals surface area contributed by atoms with Gasteiger partial charge in [-0.05, 0) is 31.5 Å². The van der Waals surface area contributed by atoms with Crippen LogP contribution in [0, 0.1) is 5.82 Å². The Kier molecular flexibility index (Phi) is 3.84. The summed E-state index contributed by atoms with van der Waals surface area (Å²) in [6.45, 7) is 7.71. The Labute approximate surface area is 84.6 Å². The fraction of sp³-hybridized carbons (Fsp3) is 0.333. The maximum atomic E-state index is 12.9. The summed E-state index contributed by atoms with van der Waals surface area (Å²) in [5.41, 5.74) is 0.957. The van der Waals surface area contributed by atoms with E-state index in [9.17, 15) is 4.39 Å². The Morgan fingerprint density at radius 3 is 2.71 bits per heavy atom. The van der Waals surface area contributed by atoms with E-state index >= 15 is 0 Å². The minimum absolute atomic E-state index is 0.138. The molecule has 0 aromatic heterocycles. The lowest BCUT2D eigenvalue weighted by atomic mass is 10.1. The first kappa shape index (κ1) is 10.9. The fourth-order valence-electron chi connectivity index (χ4n) is 1.33. The van der Waals surface area contributed by atoms with Crippen LogP contribution in [0.25, 0.3) is 0 Å². The third-order valence-electron chi connectivity index (χ3n) is 2.22. The number of benzene rings is 1. The lowest BCUT2D eigenvalue weighted by Crippen LogP contribution is -2.26. The second kappa shape index (κ2) is 4.91. The first-order valence-electron chi connectivity index (χ1n) is 4.77. The predicted octanol–water partition coefficient (Wildman–Crippen LogP) is 3.05. The zero-order chi connectivity index (χ0) is 10.6. The van der Waals surface area contributed by atoms with Gasteiger partial charge in [-0.25, -0.2) is 4.39 Å². The lowest BCUT2D eigenvalue weighted by molar-refractivity contribution is 0.532. The van der Waals surface area contributed by atoms with Gasteiger partial charge in [0.15, 0.2) is 0 Å². The van der Waals surface area contributed by atoms with E-state index in [1.54, 1.807) is 12.1 Å². The van der Waals surface area contributed by atoms with Gasteiger partial charge in [-0.2, -0.15) is 0 Å². The van der Waals surface area contributed by atoms with Crippen molar-refractivity contribution >= 4 is 0 Å². The molecule has 0 spiro atoms. The zero-order valence-electron chi connectivity index (χ0n) is 8.63. The van der Waals surface area contributed by atoms with Gasteiger partial charge in [0.05, 0.1) is 0 Å². The summed E-state index contributed by atoms with van der Waals surface area (Å²) in [5, 5.41) is 3.29. The van der Waals surface area contributed by atoms with E-state index in [4.69, 9.17) is 0 Å². The maximum absolute atomic E-state index is 12.9. The van der Waals surface area contributed by atoms with Gasteiger partial charge in [0.25, 0.3) is 0 Å². The monoisotopic (exact) mass is 193 g/mol. The van der Waals surface area contributed by atoms with Gasteiger partial charge in [0.1, 0.15) is 5.82 Å². The highest BCUT2D eigenvalue weighted by Gasteiger charge is 2.07. The molecule has 14 heavy (non-hydrogen) atoms. The van der Waals surface area contributed by atoms with Crippen LogP contribution in [0.15, 0.2) is 36.9 Å². The van der Waals surface area contributed by atoms with Crippen molar-refractivity contribution in [2.45, 2.75) is 25.9 Å². The molecule has 0 heterocycles. The first-order chi connectivity index (χ1) is 6.63. The number of nitrogens with one attached hydrogen (secondary N) is 1. The van der Waals surface area contributed by atoms with Crippen LogP contribution in [-0.4, -0.2) is 6.04 Å². The number of hydrogen-bond acceptors (Lipinski definition) is 1. The van der Waals surface area contributed by atoms with Crippen molar-refractivity contribution < 1.29 is 4.39 Å². The van der Waals surface area contributed by atoms with Gasteiger partial charge in [-0.3, -0.25) is 0 Å². The maximum Gasteiger partial charge on any atom is 0.123 e. The summed E-state index contributed by atoms with van der Waals surface area (Å²) < 4.78 is 12.9. The van der Waals surface area contributed by atoms with Gasteiger partial charge in [-0.1, -0.05) is 18.2 Å². The van der Waals surface area contributed by atoms with Gasteiger partial charge in [0, 0.05) is 12.1 Å². The molecule has 0 bridgehead atoms. The summed E-state index contributed by atoms with van der Waals surface area (Å²) in [7, 11) is 0. The number of halogens is 1. The van der Waals surface area contributed by atoms with E-state index < -0.39 is 0 Å². The van der Waals surface area contributed by atoms with Crippen LogP contribution in [-0.2, 0) is 0 Å². The molecule has 0 aliphatic carbocycles. The Hall–Kier alpha value is -1.15. The molecular weight excluding hydrogens is 177 g/mol. The fourth-order valence-corrected chi connectivity index (χ4v) is 1.33. The lowest BCUT2D eigenvalue weighted by Gasteiger charge is -2.17. The van der Waals surface area contributed by atoms with Crippen molar-refractivity contribution in [3.8, 4) is 0 Å². The van der Waals surface area contributed by atoms with Crippen LogP contribution < -0.4 is 5.32 Å². The molecule has 1 unspecified atom stereocenters. The summed E-state index contributed by atoms with van der Waals surface area (Å²) in [6, 6.07) is 7.01. The highest BCUT2D eigenvalue weighted by molar-refractivity contribution is 5.19. The summed E-state index contributed by atoms with van der Waals surface area (Å²) in [5.74, 6) is -0.192. The smallest absolute Gasteiger partial charge is 0.123 e. The van der Waals surface area contributed by atoms with Crippen LogP contribution in [0.2, 0.25) is 0 Å². The van der Waals surface area contributed by atoms with E-state index in [1.807, 2.05) is 26.0 Å². The molecule has 2 heteroatoms. The SMILES string of the molecule is C=CC(C)N[C@@H](C)c1cccc(F)c1. The van der Waals surface area contributed by atoms with Crippen molar-refractivity contribution in [1.29, 1.82) is 0 Å². The molecule has 0 saturated carbocycles. The highest BCUT2D eigenvalue weighted by atomic mass is 19.1. The van der Waals surface area contributed by atoms with E-state index in [2.05, 4.69) is 11.9 Å². The first-order valence-corrected chi connectivity index (χ1v) is 4.77. The van der Waals surface area contributed by atoms with Crippen LogP contribution >= 0.6 is 0 Å². The molecule has 0 saturated heterocycles. The van der Waals surface area contributed by atoms with Gasteiger partial charge in [-0.15, -0.1) is 6.58 Å². The average molecular weight is 193 g/mol. The van der Waals surface area contributed by atoms with Gasteiger partial charge >= 0.3 is 0 Å². The quantitative estimate of drug-likeness (QED) is 0.725. The zero-order valence-corrected chi connectivity index (χ0v) is 8.63. The van der Waals surface area contributed by atoms with Gasteiger partial charge < -0.3 is 5.32 Å². The second-order valence-corrected chi connectivity index (χ2v) is 3.47. The van der Waals surface area contributed by atoms with Crippen molar-refractivity contribution in [1.82, 2.24) is 5.32 Å². The molecule has 1 aromatic carbocycles. The molecule has 0 aliphatic rings. The van der Waals surface area contributed by atoms with Crippen LogP contribution in [0.3, 0.4) is 0 Å². The van der Waals surface area contributed by atoms with Crippen molar-refractivity contribution in [3.63, 3.8) is 0 Å². The normalized spacial score (nSPS) is 14.8. The molecule has 0 fully saturated rings. The summed E-state index contributed by atoms with van der Waals surface area (Å²) in [6.07, 6.45) is 1.83. The predicted molar refractivity (Wildman–Crippen MR) is 57.6 cm³/mol. The molecule has 1 nitrogen and oxygen atoms in total. The molecular formula is C12H16FN. The van der Waals surface area contributed by atoms with E-state index in [1.165, 1.54) is 6.07 Å². The Morgan fingerprint density at radius 1 is 1.43 bits per heavy atom. The van der Waals surface area contributed by atoms with E-state index in [-0.39, 0.29) is 17.9 Å². The van der Waals surface area contributed by atoms with Gasteiger partial charge in [0.2, 0.25) is 0 Å².